The number of carbonyl (C=O) groups excluding carboxylic acids is 1. The minimum Gasteiger partial charge on any atom is -0.428 e. The highest BCUT2D eigenvalue weighted by atomic mass is 28.4. The van der Waals surface area contributed by atoms with Crippen molar-refractivity contribution in [3.05, 3.63) is 0 Å². The fourth-order valence-electron chi connectivity index (χ4n) is 2.98. The Morgan fingerprint density at radius 3 is 2.43 bits per heavy atom. The van der Waals surface area contributed by atoms with Gasteiger partial charge in [-0.25, -0.2) is 0 Å². The Labute approximate surface area is 129 Å². The van der Waals surface area contributed by atoms with Gasteiger partial charge >= 0.3 is 0 Å². The molecular formula is C15H28N2O3Si. The largest absolute Gasteiger partial charge is 0.428 e. The summed E-state index contributed by atoms with van der Waals surface area (Å²) < 4.78 is 11.3. The average Bonchev–Trinajstić information content (AvgIpc) is 2.51. The molecule has 0 N–H and O–H groups in total. The molecule has 1 amide bonds. The summed E-state index contributed by atoms with van der Waals surface area (Å²) in [7, 11) is -1.72. The lowest BCUT2D eigenvalue weighted by molar-refractivity contribution is -0.130. The zero-order chi connectivity index (χ0) is 15.7. The first kappa shape index (κ1) is 18.0. The number of piperidine rings is 1. The SMILES string of the molecule is CC[Si](CC)(CCCOC#N)OC1CCN(C(C)=O)CC1. The van der Waals surface area contributed by atoms with Crippen LogP contribution in [0.1, 0.15) is 40.0 Å². The van der Waals surface area contributed by atoms with E-state index >= 15 is 0 Å². The quantitative estimate of drug-likeness (QED) is 0.393. The number of amides is 1. The molecule has 0 radical (unpaired) electrons. The van der Waals surface area contributed by atoms with E-state index < -0.39 is 8.32 Å². The molecule has 0 spiro atoms. The van der Waals surface area contributed by atoms with Crippen LogP contribution >= 0.6 is 0 Å². The number of rotatable bonds is 8. The Kier molecular flexibility index (Phi) is 7.76. The molecule has 21 heavy (non-hydrogen) atoms. The molecule has 0 bridgehead atoms. The second-order valence-corrected chi connectivity index (χ2v) is 10.3. The highest BCUT2D eigenvalue weighted by Gasteiger charge is 2.34. The van der Waals surface area contributed by atoms with Gasteiger partial charge in [0, 0.05) is 26.1 Å². The fourth-order valence-corrected chi connectivity index (χ4v) is 6.37. The Bertz CT molecular complexity index is 358. The monoisotopic (exact) mass is 312 g/mol. The van der Waals surface area contributed by atoms with E-state index in [9.17, 15) is 4.79 Å². The van der Waals surface area contributed by atoms with Gasteiger partial charge in [-0.1, -0.05) is 13.8 Å². The standard InChI is InChI=1S/C15H28N2O3Si/c1-4-21(5-2,12-6-11-19-13-16)20-15-7-9-17(10-8-15)14(3)18/h15H,4-12H2,1-3H3. The van der Waals surface area contributed by atoms with Gasteiger partial charge in [0.15, 0.2) is 8.32 Å². The van der Waals surface area contributed by atoms with Crippen molar-refractivity contribution < 1.29 is 14.0 Å². The van der Waals surface area contributed by atoms with E-state index in [2.05, 4.69) is 13.8 Å². The topological polar surface area (TPSA) is 62.6 Å². The number of likely N-dealkylation sites (tertiary alicyclic amines) is 1. The predicted octanol–water partition coefficient (Wildman–Crippen LogP) is 2.89. The zero-order valence-corrected chi connectivity index (χ0v) is 14.6. The average molecular weight is 312 g/mol. The lowest BCUT2D eigenvalue weighted by Crippen LogP contribution is -2.46. The van der Waals surface area contributed by atoms with Gasteiger partial charge < -0.3 is 14.1 Å². The third-order valence-corrected chi connectivity index (χ3v) is 9.21. The van der Waals surface area contributed by atoms with Gasteiger partial charge in [-0.05, 0) is 37.4 Å². The third-order valence-electron chi connectivity index (χ3n) is 4.54. The van der Waals surface area contributed by atoms with Crippen molar-refractivity contribution in [3.63, 3.8) is 0 Å². The smallest absolute Gasteiger partial charge is 0.286 e. The highest BCUT2D eigenvalue weighted by Crippen LogP contribution is 2.28. The van der Waals surface area contributed by atoms with Crippen LogP contribution in [-0.2, 0) is 14.0 Å². The molecule has 0 aromatic rings. The molecule has 1 aliphatic heterocycles. The van der Waals surface area contributed by atoms with E-state index in [1.807, 2.05) is 4.90 Å². The number of hydrogen-bond donors (Lipinski definition) is 0. The maximum Gasteiger partial charge on any atom is 0.286 e. The van der Waals surface area contributed by atoms with Crippen LogP contribution in [-0.4, -0.2) is 44.9 Å². The number of nitrogens with zero attached hydrogens (tertiary/aromatic N) is 2. The van der Waals surface area contributed by atoms with Crippen molar-refractivity contribution in [2.45, 2.75) is 64.3 Å². The molecule has 1 aliphatic rings. The number of hydrogen-bond acceptors (Lipinski definition) is 4. The van der Waals surface area contributed by atoms with Crippen LogP contribution in [0.4, 0.5) is 0 Å². The number of nitriles is 1. The molecule has 120 valence electrons. The molecule has 6 heteroatoms. The van der Waals surface area contributed by atoms with Crippen LogP contribution in [0.25, 0.3) is 0 Å². The normalized spacial score (nSPS) is 16.6. The van der Waals surface area contributed by atoms with Crippen LogP contribution < -0.4 is 0 Å². The van der Waals surface area contributed by atoms with Crippen LogP contribution in [0.2, 0.25) is 18.1 Å². The summed E-state index contributed by atoms with van der Waals surface area (Å²) in [5.41, 5.74) is 0. The lowest BCUT2D eigenvalue weighted by Gasteiger charge is -2.38. The minimum atomic E-state index is -1.72. The molecule has 0 atom stereocenters. The van der Waals surface area contributed by atoms with Crippen molar-refractivity contribution in [1.82, 2.24) is 4.90 Å². The Balaban J connectivity index is 2.47. The summed E-state index contributed by atoms with van der Waals surface area (Å²) >= 11 is 0. The zero-order valence-electron chi connectivity index (χ0n) is 13.6. The predicted molar refractivity (Wildman–Crippen MR) is 84.1 cm³/mol. The van der Waals surface area contributed by atoms with Crippen molar-refractivity contribution in [2.24, 2.45) is 0 Å². The van der Waals surface area contributed by atoms with Crippen LogP contribution in [0, 0.1) is 11.5 Å². The summed E-state index contributed by atoms with van der Waals surface area (Å²) in [6.45, 7) is 8.19. The van der Waals surface area contributed by atoms with Gasteiger partial charge in [-0.15, -0.1) is 0 Å². The van der Waals surface area contributed by atoms with E-state index in [1.165, 1.54) is 0 Å². The van der Waals surface area contributed by atoms with Gasteiger partial charge in [0.2, 0.25) is 5.91 Å². The first-order valence-electron chi connectivity index (χ1n) is 8.01. The molecule has 0 aliphatic carbocycles. The molecular weight excluding hydrogens is 284 g/mol. The van der Waals surface area contributed by atoms with Crippen molar-refractivity contribution >= 4 is 14.2 Å². The molecule has 0 aromatic carbocycles. The third kappa shape index (κ3) is 5.68. The summed E-state index contributed by atoms with van der Waals surface area (Å²) in [6.07, 6.45) is 4.81. The molecule has 0 aromatic heterocycles. The summed E-state index contributed by atoms with van der Waals surface area (Å²) in [6, 6.07) is 3.25. The van der Waals surface area contributed by atoms with Gasteiger partial charge in [-0.3, -0.25) is 4.79 Å². The fraction of sp³-hybridized carbons (Fsp3) is 0.867. The second-order valence-electron chi connectivity index (χ2n) is 5.76. The van der Waals surface area contributed by atoms with E-state index in [0.717, 1.165) is 50.5 Å². The lowest BCUT2D eigenvalue weighted by atomic mass is 10.1. The Hall–Kier alpha value is -1.06. The molecule has 1 rings (SSSR count). The summed E-state index contributed by atoms with van der Waals surface area (Å²) in [4.78, 5) is 13.3. The van der Waals surface area contributed by atoms with Gasteiger partial charge in [0.25, 0.3) is 6.26 Å². The second kappa shape index (κ2) is 9.06. The molecule has 1 fully saturated rings. The molecule has 1 heterocycles. The highest BCUT2D eigenvalue weighted by molar-refractivity contribution is 6.73. The van der Waals surface area contributed by atoms with E-state index in [-0.39, 0.29) is 5.91 Å². The Morgan fingerprint density at radius 1 is 1.33 bits per heavy atom. The first-order valence-corrected chi connectivity index (χ1v) is 10.5. The summed E-state index contributed by atoms with van der Waals surface area (Å²) in [5, 5.41) is 8.42. The molecule has 1 saturated heterocycles. The maximum atomic E-state index is 11.4. The number of carbonyl (C=O) groups is 1. The van der Waals surface area contributed by atoms with E-state index in [1.54, 1.807) is 13.2 Å². The molecule has 5 nitrogen and oxygen atoms in total. The minimum absolute atomic E-state index is 0.164. The van der Waals surface area contributed by atoms with Crippen LogP contribution in [0.15, 0.2) is 0 Å². The van der Waals surface area contributed by atoms with Crippen LogP contribution in [0.3, 0.4) is 0 Å². The Morgan fingerprint density at radius 2 is 1.95 bits per heavy atom. The van der Waals surface area contributed by atoms with Crippen molar-refractivity contribution in [2.75, 3.05) is 19.7 Å². The van der Waals surface area contributed by atoms with Gasteiger partial charge in [-0.2, -0.15) is 5.26 Å². The summed E-state index contributed by atoms with van der Waals surface area (Å²) in [5.74, 6) is 0.164. The van der Waals surface area contributed by atoms with E-state index in [0.29, 0.717) is 12.7 Å². The first-order chi connectivity index (χ1) is 10.1. The van der Waals surface area contributed by atoms with Crippen molar-refractivity contribution in [1.29, 1.82) is 5.26 Å². The van der Waals surface area contributed by atoms with Gasteiger partial charge in [0.05, 0.1) is 0 Å². The molecule has 0 saturated carbocycles. The molecule has 0 unspecified atom stereocenters. The van der Waals surface area contributed by atoms with Gasteiger partial charge in [0.1, 0.15) is 6.61 Å². The van der Waals surface area contributed by atoms with Crippen LogP contribution in [0.5, 0.6) is 0 Å². The number of ether oxygens (including phenoxy) is 1. The van der Waals surface area contributed by atoms with Crippen molar-refractivity contribution in [3.8, 4) is 6.26 Å². The maximum absolute atomic E-state index is 11.4. The van der Waals surface area contributed by atoms with E-state index in [4.69, 9.17) is 14.4 Å².